The van der Waals surface area contributed by atoms with Crippen LogP contribution in [0.5, 0.6) is 0 Å². The monoisotopic (exact) mass is 490 g/mol. The van der Waals surface area contributed by atoms with Crippen LogP contribution in [0.1, 0.15) is 46.4 Å². The molecule has 0 N–H and O–H groups in total. The minimum absolute atomic E-state index is 0.151. The van der Waals surface area contributed by atoms with Gasteiger partial charge in [0.15, 0.2) is 5.41 Å². The molecule has 0 fully saturated rings. The van der Waals surface area contributed by atoms with Crippen LogP contribution in [-0.2, 0) is 42.2 Å². The van der Waals surface area contributed by atoms with E-state index >= 15 is 0 Å². The van der Waals surface area contributed by atoms with E-state index in [4.69, 9.17) is 14.2 Å². The third kappa shape index (κ3) is 3.37. The normalized spacial score (nSPS) is 21.5. The standard InChI is InChI=1S/C32H26O5/c1-31-17-16-25(37-31)27-26(21-12-8-5-9-13-21)22(15-14-20-10-6-4-7-11-20)23-18-32(29(33)35-2,30(34)36-3)19-24(23)28(27)31/h4-13,16-17,25H,18-19H2,1-3H3/t25-,31+/m1/s1. The number of carbonyl (C=O) groups is 2. The average Bonchev–Trinajstić information content (AvgIpc) is 3.61. The number of methoxy groups -OCH3 is 2. The lowest BCUT2D eigenvalue weighted by molar-refractivity contribution is -0.168. The molecule has 5 heteroatoms. The molecule has 3 aromatic rings. The Bertz CT molecular complexity index is 1510. The van der Waals surface area contributed by atoms with Gasteiger partial charge in [-0.15, -0.1) is 0 Å². The number of hydrogen-bond acceptors (Lipinski definition) is 5. The van der Waals surface area contributed by atoms with Crippen LogP contribution >= 0.6 is 0 Å². The van der Waals surface area contributed by atoms with Crippen LogP contribution in [-0.4, -0.2) is 26.2 Å². The molecule has 0 saturated carbocycles. The zero-order valence-electron chi connectivity index (χ0n) is 21.0. The first kappa shape index (κ1) is 23.3. The number of benzene rings is 3. The molecule has 3 aliphatic rings. The molecule has 2 bridgehead atoms. The van der Waals surface area contributed by atoms with Gasteiger partial charge in [-0.25, -0.2) is 0 Å². The van der Waals surface area contributed by atoms with Crippen molar-refractivity contribution >= 4 is 11.9 Å². The Morgan fingerprint density at radius 2 is 1.51 bits per heavy atom. The summed E-state index contributed by atoms with van der Waals surface area (Å²) in [6.07, 6.45) is 4.25. The van der Waals surface area contributed by atoms with Gasteiger partial charge in [0.05, 0.1) is 14.2 Å². The molecule has 0 spiro atoms. The largest absolute Gasteiger partial charge is 0.468 e. The highest BCUT2D eigenvalue weighted by molar-refractivity contribution is 6.02. The molecular formula is C32H26O5. The Balaban J connectivity index is 1.69. The second-order valence-corrected chi connectivity index (χ2v) is 9.90. The fourth-order valence-electron chi connectivity index (χ4n) is 6.15. The molecule has 3 aromatic carbocycles. The number of esters is 2. The van der Waals surface area contributed by atoms with Gasteiger partial charge in [0.1, 0.15) is 11.7 Å². The average molecular weight is 491 g/mol. The number of ether oxygens (including phenoxy) is 3. The number of hydrogen-bond donors (Lipinski definition) is 0. The van der Waals surface area contributed by atoms with Gasteiger partial charge in [0, 0.05) is 35.1 Å². The van der Waals surface area contributed by atoms with Crippen LogP contribution in [0, 0.1) is 17.3 Å². The maximum absolute atomic E-state index is 13.2. The van der Waals surface area contributed by atoms with Gasteiger partial charge >= 0.3 is 11.9 Å². The summed E-state index contributed by atoms with van der Waals surface area (Å²) in [5.74, 6) is 5.57. The van der Waals surface area contributed by atoms with E-state index in [-0.39, 0.29) is 18.9 Å². The zero-order chi connectivity index (χ0) is 25.8. The van der Waals surface area contributed by atoms with Gasteiger partial charge in [0.2, 0.25) is 0 Å². The van der Waals surface area contributed by atoms with Crippen molar-refractivity contribution in [1.29, 1.82) is 0 Å². The highest BCUT2D eigenvalue weighted by Gasteiger charge is 2.57. The van der Waals surface area contributed by atoms with Crippen LogP contribution in [0.2, 0.25) is 0 Å². The highest BCUT2D eigenvalue weighted by Crippen LogP contribution is 2.59. The van der Waals surface area contributed by atoms with Crippen molar-refractivity contribution in [1.82, 2.24) is 0 Å². The Hall–Kier alpha value is -4.14. The van der Waals surface area contributed by atoms with E-state index in [1.165, 1.54) is 14.2 Å². The fraction of sp³-hybridized carbons (Fsp3) is 0.250. The van der Waals surface area contributed by atoms with Crippen LogP contribution in [0.15, 0.2) is 72.8 Å². The molecule has 1 aliphatic carbocycles. The minimum atomic E-state index is -1.47. The van der Waals surface area contributed by atoms with E-state index in [9.17, 15) is 9.59 Å². The maximum atomic E-state index is 13.2. The number of rotatable bonds is 3. The van der Waals surface area contributed by atoms with Crippen molar-refractivity contribution < 1.29 is 23.8 Å². The lowest BCUT2D eigenvalue weighted by Crippen LogP contribution is -2.42. The molecule has 2 atom stereocenters. The molecule has 0 unspecified atom stereocenters. The molecule has 2 aliphatic heterocycles. The predicted octanol–water partition coefficient (Wildman–Crippen LogP) is 5.04. The summed E-state index contributed by atoms with van der Waals surface area (Å²) in [6.45, 7) is 2.04. The van der Waals surface area contributed by atoms with Crippen LogP contribution in [0.3, 0.4) is 0 Å². The molecule has 0 radical (unpaired) electrons. The molecule has 0 aromatic heterocycles. The van der Waals surface area contributed by atoms with E-state index < -0.39 is 23.0 Å². The van der Waals surface area contributed by atoms with Crippen LogP contribution in [0.25, 0.3) is 11.1 Å². The van der Waals surface area contributed by atoms with Crippen LogP contribution in [0.4, 0.5) is 0 Å². The van der Waals surface area contributed by atoms with E-state index in [0.717, 1.165) is 44.5 Å². The molecule has 2 heterocycles. The molecule has 184 valence electrons. The smallest absolute Gasteiger partial charge is 0.323 e. The van der Waals surface area contributed by atoms with E-state index in [2.05, 4.69) is 36.1 Å². The lowest BCUT2D eigenvalue weighted by atomic mass is 9.77. The molecule has 37 heavy (non-hydrogen) atoms. The van der Waals surface area contributed by atoms with E-state index in [0.29, 0.717) is 0 Å². The van der Waals surface area contributed by atoms with Crippen molar-refractivity contribution in [3.8, 4) is 23.0 Å². The summed E-state index contributed by atoms with van der Waals surface area (Å²) in [6, 6.07) is 19.9. The summed E-state index contributed by atoms with van der Waals surface area (Å²) in [4.78, 5) is 26.4. The van der Waals surface area contributed by atoms with Gasteiger partial charge in [-0.3, -0.25) is 9.59 Å². The zero-order valence-corrected chi connectivity index (χ0v) is 21.0. The highest BCUT2D eigenvalue weighted by atomic mass is 16.5. The van der Waals surface area contributed by atoms with E-state index in [1.807, 2.05) is 55.5 Å². The number of carbonyl (C=O) groups excluding carboxylic acids is 2. The van der Waals surface area contributed by atoms with Gasteiger partial charge in [-0.1, -0.05) is 66.4 Å². The van der Waals surface area contributed by atoms with E-state index in [1.54, 1.807) is 0 Å². The molecular weight excluding hydrogens is 464 g/mol. The predicted molar refractivity (Wildman–Crippen MR) is 138 cm³/mol. The van der Waals surface area contributed by atoms with Gasteiger partial charge < -0.3 is 14.2 Å². The molecule has 0 saturated heterocycles. The first-order chi connectivity index (χ1) is 17.9. The molecule has 5 nitrogen and oxygen atoms in total. The summed E-state index contributed by atoms with van der Waals surface area (Å²) in [5, 5.41) is 0. The topological polar surface area (TPSA) is 61.8 Å². The second kappa shape index (κ2) is 8.47. The minimum Gasteiger partial charge on any atom is -0.468 e. The third-order valence-electron chi connectivity index (χ3n) is 7.78. The van der Waals surface area contributed by atoms with Gasteiger partial charge in [-0.2, -0.15) is 0 Å². The van der Waals surface area contributed by atoms with Crippen molar-refractivity contribution in [2.24, 2.45) is 5.41 Å². The lowest BCUT2D eigenvalue weighted by Gasteiger charge is -2.25. The Labute approximate surface area is 216 Å². The quantitative estimate of drug-likeness (QED) is 0.223. The summed E-state index contributed by atoms with van der Waals surface area (Å²) in [5.41, 5.74) is 5.45. The SMILES string of the molecule is COC(=O)C1(C(=O)OC)Cc2c(C#Cc3ccccc3)c(-c3ccccc3)c3c(c2C1)[C@]1(C)C=C[C@H]3O1. The first-order valence-corrected chi connectivity index (χ1v) is 12.3. The first-order valence-electron chi connectivity index (χ1n) is 12.3. The maximum Gasteiger partial charge on any atom is 0.323 e. The Morgan fingerprint density at radius 1 is 0.892 bits per heavy atom. The second-order valence-electron chi connectivity index (χ2n) is 9.90. The number of fused-ring (bicyclic) bond motifs is 7. The summed E-state index contributed by atoms with van der Waals surface area (Å²) >= 11 is 0. The fourth-order valence-corrected chi connectivity index (χ4v) is 6.15. The van der Waals surface area contributed by atoms with Crippen molar-refractivity contribution in [3.63, 3.8) is 0 Å². The molecule has 6 rings (SSSR count). The van der Waals surface area contributed by atoms with Crippen LogP contribution < -0.4 is 0 Å². The third-order valence-corrected chi connectivity index (χ3v) is 7.78. The molecule has 0 amide bonds. The summed E-state index contributed by atoms with van der Waals surface area (Å²) in [7, 11) is 2.61. The van der Waals surface area contributed by atoms with Gasteiger partial charge in [-0.05, 0) is 47.4 Å². The van der Waals surface area contributed by atoms with Crippen molar-refractivity contribution in [3.05, 3.63) is 106 Å². The van der Waals surface area contributed by atoms with Gasteiger partial charge in [0.25, 0.3) is 0 Å². The Morgan fingerprint density at radius 3 is 2.16 bits per heavy atom. The Kier molecular flexibility index (Phi) is 5.33. The summed E-state index contributed by atoms with van der Waals surface area (Å²) < 4.78 is 16.8. The van der Waals surface area contributed by atoms with Crippen molar-refractivity contribution in [2.45, 2.75) is 31.5 Å². The van der Waals surface area contributed by atoms with Crippen molar-refractivity contribution in [2.75, 3.05) is 14.2 Å².